The van der Waals surface area contributed by atoms with Crippen LogP contribution in [0.3, 0.4) is 0 Å². The van der Waals surface area contributed by atoms with Crippen molar-refractivity contribution in [3.05, 3.63) is 206 Å². The van der Waals surface area contributed by atoms with Crippen molar-refractivity contribution < 1.29 is 0 Å². The van der Waals surface area contributed by atoms with Gasteiger partial charge < -0.3 is 0 Å². The van der Waals surface area contributed by atoms with Crippen LogP contribution in [0, 0.1) is 0 Å². The topological polar surface area (TPSA) is 0 Å². The van der Waals surface area contributed by atoms with Crippen LogP contribution in [0.15, 0.2) is 206 Å². The molecular weight excluding hydrogens is 808 g/mol. The van der Waals surface area contributed by atoms with E-state index in [0.717, 1.165) is 0 Å². The molecule has 0 atom stereocenters. The normalized spacial score (nSPS) is 12.0. The molecule has 60 heavy (non-hydrogen) atoms. The van der Waals surface area contributed by atoms with Crippen LogP contribution in [-0.4, -0.2) is 14.5 Å². The number of rotatable bonds is 4. The molecule has 0 bridgehead atoms. The Hall–Kier alpha value is -6.80. The summed E-state index contributed by atoms with van der Waals surface area (Å²) in [6.45, 7) is 0. The molecule has 0 aliphatic heterocycles. The van der Waals surface area contributed by atoms with E-state index in [1.807, 2.05) is 11.3 Å². The van der Waals surface area contributed by atoms with Gasteiger partial charge in [-0.3, -0.25) is 0 Å². The molecule has 0 aliphatic carbocycles. The van der Waals surface area contributed by atoms with E-state index in [-0.39, 0.29) is 14.5 Å². The first-order valence-corrected chi connectivity index (χ1v) is 23.1. The predicted molar refractivity (Wildman–Crippen MR) is 263 cm³/mol. The van der Waals surface area contributed by atoms with Crippen molar-refractivity contribution in [2.45, 2.75) is 0 Å². The molecule has 0 amide bonds. The molecule has 0 fully saturated rings. The zero-order chi connectivity index (χ0) is 39.3. The van der Waals surface area contributed by atoms with Gasteiger partial charge in [0.1, 0.15) is 0 Å². The monoisotopic (exact) mass is 842 g/mol. The summed E-state index contributed by atoms with van der Waals surface area (Å²) in [7, 11) is 0. The van der Waals surface area contributed by atoms with Gasteiger partial charge in [0.15, 0.2) is 0 Å². The third-order valence-corrected chi connectivity index (χ3v) is 16.1. The predicted octanol–water partition coefficient (Wildman–Crippen LogP) is 16.7. The van der Waals surface area contributed by atoms with Crippen molar-refractivity contribution in [1.29, 1.82) is 0 Å². The van der Waals surface area contributed by atoms with Crippen LogP contribution in [0.4, 0.5) is 0 Å². The van der Waals surface area contributed by atoms with Gasteiger partial charge in [0.05, 0.1) is 0 Å². The molecule has 0 unspecified atom stereocenters. The molecule has 2 heteroatoms. The quantitative estimate of drug-likeness (QED) is 0.122. The number of hydrogen-bond acceptors (Lipinski definition) is 1. The minimum atomic E-state index is 0.160. The van der Waals surface area contributed by atoms with Gasteiger partial charge in [-0.2, -0.15) is 0 Å². The molecule has 0 spiro atoms. The van der Waals surface area contributed by atoms with Crippen LogP contribution >= 0.6 is 11.3 Å². The summed E-state index contributed by atoms with van der Waals surface area (Å²) < 4.78 is 5.57. The molecule has 0 nitrogen and oxygen atoms in total. The maximum absolute atomic E-state index is 2.52. The second-order valence-electron chi connectivity index (χ2n) is 15.8. The average Bonchev–Trinajstić information content (AvgIpc) is 3.89. The number of hydrogen-bond donors (Lipinski definition) is 0. The van der Waals surface area contributed by atoms with Crippen molar-refractivity contribution in [3.63, 3.8) is 0 Å². The molecule has 278 valence electrons. The minimum absolute atomic E-state index is 0.160. The Morgan fingerprint density at radius 2 is 0.717 bits per heavy atom. The van der Waals surface area contributed by atoms with Gasteiger partial charge in [0.2, 0.25) is 0 Å². The van der Waals surface area contributed by atoms with Crippen LogP contribution in [0.1, 0.15) is 0 Å². The Bertz CT molecular complexity index is 3770. The SMILES string of the molecule is c1ccc(-c2c3ccccc3c(-c3cccc4[se]c5cc(-c6c7ccccc7c(-c7cccc8sc9ccccc9c78)c7ccccc67)ccc5c34)c3ccccc23)cc1. The number of thiophene rings is 1. The van der Waals surface area contributed by atoms with Crippen molar-refractivity contribution in [2.24, 2.45) is 0 Å². The van der Waals surface area contributed by atoms with Gasteiger partial charge in [-0.25, -0.2) is 0 Å². The summed E-state index contributed by atoms with van der Waals surface area (Å²) in [5.74, 6) is 0. The van der Waals surface area contributed by atoms with Gasteiger partial charge >= 0.3 is 353 Å². The summed E-state index contributed by atoms with van der Waals surface area (Å²) in [6, 6.07) is 77.2. The molecule has 0 aliphatic rings. The fraction of sp³-hybridized carbons (Fsp3) is 0. The third-order valence-electron chi connectivity index (χ3n) is 12.7. The molecule has 11 aromatic carbocycles. The maximum atomic E-state index is 2.52. The van der Waals surface area contributed by atoms with Crippen molar-refractivity contribution in [1.82, 2.24) is 0 Å². The van der Waals surface area contributed by atoms with Gasteiger partial charge in [0, 0.05) is 0 Å². The summed E-state index contributed by atoms with van der Waals surface area (Å²) in [5.41, 5.74) is 10.4. The molecule has 2 aromatic heterocycles. The van der Waals surface area contributed by atoms with E-state index in [1.54, 1.807) is 0 Å². The van der Waals surface area contributed by atoms with Crippen LogP contribution in [0.5, 0.6) is 0 Å². The molecular formula is C58H34SSe. The number of fused-ring (bicyclic) bond motifs is 10. The second kappa shape index (κ2) is 13.4. The Morgan fingerprint density at radius 3 is 1.30 bits per heavy atom. The van der Waals surface area contributed by atoms with Gasteiger partial charge in [-0.1, -0.05) is 6.07 Å². The zero-order valence-electron chi connectivity index (χ0n) is 32.4. The Morgan fingerprint density at radius 1 is 0.267 bits per heavy atom. The molecule has 0 N–H and O–H groups in total. The molecule has 0 radical (unpaired) electrons. The molecule has 2 heterocycles. The third kappa shape index (κ3) is 4.97. The Labute approximate surface area is 357 Å². The Kier molecular flexibility index (Phi) is 7.59. The van der Waals surface area contributed by atoms with E-state index in [9.17, 15) is 0 Å². The van der Waals surface area contributed by atoms with E-state index in [1.165, 1.54) is 127 Å². The van der Waals surface area contributed by atoms with Crippen molar-refractivity contribution in [2.75, 3.05) is 0 Å². The van der Waals surface area contributed by atoms with E-state index in [0.29, 0.717) is 0 Å². The van der Waals surface area contributed by atoms with Crippen LogP contribution in [-0.2, 0) is 0 Å². The van der Waals surface area contributed by atoms with Crippen molar-refractivity contribution in [3.8, 4) is 44.5 Å². The molecule has 0 saturated heterocycles. The first-order chi connectivity index (χ1) is 29.8. The summed E-state index contributed by atoms with van der Waals surface area (Å²) >= 11 is 2.05. The van der Waals surface area contributed by atoms with Crippen LogP contribution in [0.25, 0.3) is 127 Å². The zero-order valence-corrected chi connectivity index (χ0v) is 35.0. The molecule has 13 rings (SSSR count). The first kappa shape index (κ1) is 34.1. The van der Waals surface area contributed by atoms with Crippen LogP contribution in [0.2, 0.25) is 0 Å². The molecule has 0 saturated carbocycles. The molecule has 13 aromatic rings. The van der Waals surface area contributed by atoms with Crippen molar-refractivity contribution >= 4 is 108 Å². The summed E-state index contributed by atoms with van der Waals surface area (Å²) in [5, 5.41) is 15.8. The first-order valence-electron chi connectivity index (χ1n) is 20.6. The number of benzene rings is 11. The fourth-order valence-electron chi connectivity index (χ4n) is 10.2. The van der Waals surface area contributed by atoms with E-state index >= 15 is 0 Å². The van der Waals surface area contributed by atoms with E-state index in [4.69, 9.17) is 0 Å². The van der Waals surface area contributed by atoms with Gasteiger partial charge in [-0.15, -0.1) is 0 Å². The van der Waals surface area contributed by atoms with E-state index in [2.05, 4.69) is 206 Å². The van der Waals surface area contributed by atoms with Gasteiger partial charge in [0.25, 0.3) is 0 Å². The Balaban J connectivity index is 1.06. The fourth-order valence-corrected chi connectivity index (χ4v) is 13.8. The van der Waals surface area contributed by atoms with Gasteiger partial charge in [-0.05, 0) is 0 Å². The second-order valence-corrected chi connectivity index (χ2v) is 19.2. The summed E-state index contributed by atoms with van der Waals surface area (Å²) in [4.78, 5) is 0. The standard InChI is InChI=1S/C58H34SSe/c1-2-16-35(17-3-1)53-37-18-4-8-22-41(37)56(42-23-9-5-19-38(42)53)48-28-15-31-51-58(48)46-33-32-36(34-52(46)60-51)54-39-20-6-10-24-43(39)55(44-25-11-7-21-40(44)54)47-27-14-30-50-57(47)45-26-12-13-29-49(45)59-50/h1-34H. The summed E-state index contributed by atoms with van der Waals surface area (Å²) in [6.07, 6.45) is 0. The van der Waals surface area contributed by atoms with Crippen LogP contribution < -0.4 is 0 Å². The van der Waals surface area contributed by atoms with E-state index < -0.39 is 0 Å². The average molecular weight is 842 g/mol.